The van der Waals surface area contributed by atoms with Crippen molar-refractivity contribution in [3.8, 4) is 5.75 Å². The molecule has 0 aliphatic rings. The summed E-state index contributed by atoms with van der Waals surface area (Å²) in [4.78, 5) is 12.4. The second-order valence-electron chi connectivity index (χ2n) is 6.91. The minimum atomic E-state index is -3.61. The molecule has 0 heterocycles. The predicted molar refractivity (Wildman–Crippen MR) is 110 cm³/mol. The molecule has 1 rings (SSSR count). The van der Waals surface area contributed by atoms with Gasteiger partial charge in [-0.3, -0.25) is 9.10 Å². The van der Waals surface area contributed by atoms with Crippen LogP contribution in [-0.4, -0.2) is 50.3 Å². The number of sulfonamides is 1. The highest BCUT2D eigenvalue weighted by molar-refractivity contribution is 8.00. The van der Waals surface area contributed by atoms with Crippen molar-refractivity contribution < 1.29 is 17.9 Å². The topological polar surface area (TPSA) is 75.7 Å². The van der Waals surface area contributed by atoms with Gasteiger partial charge in [-0.2, -0.15) is 11.8 Å². The van der Waals surface area contributed by atoms with Gasteiger partial charge >= 0.3 is 0 Å². The van der Waals surface area contributed by atoms with E-state index in [-0.39, 0.29) is 10.7 Å². The highest BCUT2D eigenvalue weighted by atomic mass is 32.2. The summed E-state index contributed by atoms with van der Waals surface area (Å²) < 4.78 is 31.2. The lowest BCUT2D eigenvalue weighted by Gasteiger charge is -2.28. The van der Waals surface area contributed by atoms with Crippen molar-refractivity contribution in [2.45, 2.75) is 45.4 Å². The first-order chi connectivity index (χ1) is 12.0. The molecule has 0 spiro atoms. The van der Waals surface area contributed by atoms with Crippen LogP contribution in [0.5, 0.6) is 5.75 Å². The van der Waals surface area contributed by atoms with Crippen LogP contribution in [0, 0.1) is 0 Å². The van der Waals surface area contributed by atoms with Gasteiger partial charge in [-0.15, -0.1) is 0 Å². The molecule has 1 N–H and O–H groups in total. The number of hydrogen-bond acceptors (Lipinski definition) is 5. The number of amides is 1. The third-order valence-electron chi connectivity index (χ3n) is 3.43. The molecule has 0 saturated heterocycles. The Hall–Kier alpha value is -1.41. The lowest BCUT2D eigenvalue weighted by molar-refractivity contribution is -0.121. The fraction of sp³-hybridized carbons (Fsp3) is 0.611. The molecule has 0 aliphatic heterocycles. The molecule has 1 atom stereocenters. The average Bonchev–Trinajstić information content (AvgIpc) is 2.51. The van der Waals surface area contributed by atoms with Gasteiger partial charge in [-0.05, 0) is 38.1 Å². The maximum Gasteiger partial charge on any atom is 0.243 e. The Bertz CT molecular complexity index is 682. The Kier molecular flexibility index (Phi) is 8.27. The fourth-order valence-corrected chi connectivity index (χ4v) is 4.34. The molecule has 0 fully saturated rings. The number of nitrogens with zero attached hydrogens (tertiary/aromatic N) is 1. The zero-order valence-corrected chi connectivity index (χ0v) is 18.0. The number of nitrogens with one attached hydrogen (secondary N) is 1. The van der Waals surface area contributed by atoms with Crippen LogP contribution in [0.1, 0.15) is 34.6 Å². The first-order valence-electron chi connectivity index (χ1n) is 8.59. The SMILES string of the molecule is CCOc1ccc(N(C(C)C(=O)NCCSC(C)(C)C)S(C)(=O)=O)cc1. The van der Waals surface area contributed by atoms with Crippen LogP contribution in [0.4, 0.5) is 5.69 Å². The molecule has 148 valence electrons. The van der Waals surface area contributed by atoms with Crippen LogP contribution >= 0.6 is 11.8 Å². The van der Waals surface area contributed by atoms with Crippen LogP contribution in [0.25, 0.3) is 0 Å². The van der Waals surface area contributed by atoms with Gasteiger partial charge in [0.15, 0.2) is 0 Å². The Balaban J connectivity index is 2.84. The number of benzene rings is 1. The first-order valence-corrected chi connectivity index (χ1v) is 11.4. The molecular weight excluding hydrogens is 372 g/mol. The van der Waals surface area contributed by atoms with E-state index in [2.05, 4.69) is 26.1 Å². The molecule has 1 unspecified atom stereocenters. The summed E-state index contributed by atoms with van der Waals surface area (Å²) in [5, 5.41) is 2.82. The normalized spacial score (nSPS) is 13.2. The van der Waals surface area contributed by atoms with Crippen LogP contribution in [-0.2, 0) is 14.8 Å². The molecule has 6 nitrogen and oxygen atoms in total. The lowest BCUT2D eigenvalue weighted by atomic mass is 10.2. The average molecular weight is 403 g/mol. The van der Waals surface area contributed by atoms with E-state index in [0.29, 0.717) is 24.6 Å². The highest BCUT2D eigenvalue weighted by Crippen LogP contribution is 2.24. The maximum atomic E-state index is 12.4. The summed E-state index contributed by atoms with van der Waals surface area (Å²) in [5.74, 6) is 1.10. The van der Waals surface area contributed by atoms with E-state index >= 15 is 0 Å². The van der Waals surface area contributed by atoms with Crippen LogP contribution in [0.2, 0.25) is 0 Å². The minimum absolute atomic E-state index is 0.122. The van der Waals surface area contributed by atoms with E-state index in [1.165, 1.54) is 0 Å². The van der Waals surface area contributed by atoms with Crippen molar-refractivity contribution in [2.24, 2.45) is 0 Å². The molecule has 0 aliphatic carbocycles. The zero-order chi connectivity index (χ0) is 20.0. The van der Waals surface area contributed by atoms with Crippen molar-refractivity contribution in [3.63, 3.8) is 0 Å². The molecule has 0 bridgehead atoms. The summed E-state index contributed by atoms with van der Waals surface area (Å²) >= 11 is 1.74. The summed E-state index contributed by atoms with van der Waals surface area (Å²) in [5.41, 5.74) is 0.433. The van der Waals surface area contributed by atoms with E-state index in [4.69, 9.17) is 4.74 Å². The molecular formula is C18H30N2O4S2. The van der Waals surface area contributed by atoms with Gasteiger partial charge in [0, 0.05) is 17.0 Å². The van der Waals surface area contributed by atoms with Crippen molar-refractivity contribution in [3.05, 3.63) is 24.3 Å². The second kappa shape index (κ2) is 9.50. The van der Waals surface area contributed by atoms with E-state index in [0.717, 1.165) is 16.3 Å². The summed E-state index contributed by atoms with van der Waals surface area (Å²) in [6.07, 6.45) is 1.10. The third-order valence-corrected chi connectivity index (χ3v) is 5.94. The molecule has 1 amide bonds. The van der Waals surface area contributed by atoms with Crippen molar-refractivity contribution in [2.75, 3.05) is 29.5 Å². The van der Waals surface area contributed by atoms with Gasteiger partial charge in [0.2, 0.25) is 15.9 Å². The zero-order valence-electron chi connectivity index (χ0n) is 16.4. The van der Waals surface area contributed by atoms with Crippen molar-refractivity contribution in [1.29, 1.82) is 0 Å². The highest BCUT2D eigenvalue weighted by Gasteiger charge is 2.29. The number of anilines is 1. The maximum absolute atomic E-state index is 12.4. The molecule has 1 aromatic rings. The molecule has 0 radical (unpaired) electrons. The number of ether oxygens (including phenoxy) is 1. The van der Waals surface area contributed by atoms with Gasteiger partial charge in [-0.1, -0.05) is 20.8 Å². The third kappa shape index (κ3) is 7.45. The minimum Gasteiger partial charge on any atom is -0.494 e. The van der Waals surface area contributed by atoms with Crippen molar-refractivity contribution in [1.82, 2.24) is 5.32 Å². The Morgan fingerprint density at radius 3 is 2.31 bits per heavy atom. The standard InChI is InChI=1S/C18H30N2O4S2/c1-7-24-16-10-8-15(9-11-16)20(26(6,22)23)14(2)17(21)19-12-13-25-18(3,4)5/h8-11,14H,7,12-13H2,1-6H3,(H,19,21). The molecule has 8 heteroatoms. The number of carbonyl (C=O) groups excluding carboxylic acids is 1. The number of hydrogen-bond donors (Lipinski definition) is 1. The van der Waals surface area contributed by atoms with Gasteiger partial charge < -0.3 is 10.1 Å². The number of thioether (sulfide) groups is 1. The van der Waals surface area contributed by atoms with Crippen LogP contribution < -0.4 is 14.4 Å². The van der Waals surface area contributed by atoms with Crippen LogP contribution in [0.3, 0.4) is 0 Å². The van der Waals surface area contributed by atoms with E-state index in [1.54, 1.807) is 43.0 Å². The second-order valence-corrected chi connectivity index (χ2v) is 10.7. The first kappa shape index (κ1) is 22.6. The summed E-state index contributed by atoms with van der Waals surface area (Å²) in [6.45, 7) is 10.8. The monoisotopic (exact) mass is 402 g/mol. The summed E-state index contributed by atoms with van der Waals surface area (Å²) in [7, 11) is -3.61. The summed E-state index contributed by atoms with van der Waals surface area (Å²) in [6, 6.07) is 5.84. The quantitative estimate of drug-likeness (QED) is 0.643. The molecule has 1 aromatic carbocycles. The van der Waals surface area contributed by atoms with Gasteiger partial charge in [0.1, 0.15) is 11.8 Å². The van der Waals surface area contributed by atoms with E-state index in [9.17, 15) is 13.2 Å². The predicted octanol–water partition coefficient (Wildman–Crippen LogP) is 2.89. The molecule has 0 saturated carbocycles. The van der Waals surface area contributed by atoms with Gasteiger partial charge in [-0.25, -0.2) is 8.42 Å². The van der Waals surface area contributed by atoms with Gasteiger partial charge in [0.25, 0.3) is 0 Å². The lowest BCUT2D eigenvalue weighted by Crippen LogP contribution is -2.48. The van der Waals surface area contributed by atoms with Crippen molar-refractivity contribution >= 4 is 33.4 Å². The fourth-order valence-electron chi connectivity index (χ4n) is 2.34. The van der Waals surface area contributed by atoms with E-state index in [1.807, 2.05) is 6.92 Å². The van der Waals surface area contributed by atoms with Crippen LogP contribution in [0.15, 0.2) is 24.3 Å². The molecule has 26 heavy (non-hydrogen) atoms. The Labute approximate surface area is 161 Å². The number of rotatable bonds is 9. The molecule has 0 aromatic heterocycles. The van der Waals surface area contributed by atoms with Gasteiger partial charge in [0.05, 0.1) is 18.6 Å². The largest absolute Gasteiger partial charge is 0.494 e. The Morgan fingerprint density at radius 2 is 1.85 bits per heavy atom. The smallest absolute Gasteiger partial charge is 0.243 e. The Morgan fingerprint density at radius 1 is 1.27 bits per heavy atom. The number of carbonyl (C=O) groups is 1. The van der Waals surface area contributed by atoms with E-state index < -0.39 is 16.1 Å².